The van der Waals surface area contributed by atoms with Crippen LogP contribution in [0.25, 0.3) is 0 Å². The number of carbonyl (C=O) groups is 1. The molecule has 94 valence electrons. The first-order valence-corrected chi connectivity index (χ1v) is 6.16. The first-order valence-electron chi connectivity index (χ1n) is 6.16. The van der Waals surface area contributed by atoms with E-state index in [2.05, 4.69) is 5.32 Å². The van der Waals surface area contributed by atoms with Gasteiger partial charge in [0.2, 0.25) is 0 Å². The molecule has 4 nitrogen and oxygen atoms in total. The number of hydrogen-bond donors (Lipinski definition) is 3. The molecule has 1 saturated carbocycles. The molecule has 3 atom stereocenters. The normalized spacial score (nSPS) is 28.0. The quantitative estimate of drug-likeness (QED) is 0.663. The maximum absolute atomic E-state index is 11.1. The zero-order valence-electron chi connectivity index (χ0n) is 10.1. The number of carboxylic acid groups (broad SMARTS) is 1. The molecule has 16 heavy (non-hydrogen) atoms. The van der Waals surface area contributed by atoms with Gasteiger partial charge in [-0.15, -0.1) is 0 Å². The molecule has 1 aliphatic rings. The Morgan fingerprint density at radius 3 is 2.50 bits per heavy atom. The average Bonchev–Trinajstić information content (AvgIpc) is 2.25. The molecule has 0 radical (unpaired) electrons. The molecule has 0 bridgehead atoms. The molecule has 1 rings (SSSR count). The summed E-state index contributed by atoms with van der Waals surface area (Å²) in [5.74, 6) is -0.509. The molecule has 0 heterocycles. The van der Waals surface area contributed by atoms with Crippen molar-refractivity contribution < 1.29 is 15.0 Å². The maximum Gasteiger partial charge on any atom is 0.320 e. The van der Waals surface area contributed by atoms with Gasteiger partial charge in [-0.05, 0) is 24.7 Å². The Kier molecular flexibility index (Phi) is 5.22. The minimum Gasteiger partial charge on any atom is -0.480 e. The van der Waals surface area contributed by atoms with Crippen molar-refractivity contribution in [1.29, 1.82) is 0 Å². The first-order chi connectivity index (χ1) is 7.56. The Balaban J connectivity index is 2.58. The van der Waals surface area contributed by atoms with Crippen molar-refractivity contribution in [2.75, 3.05) is 6.61 Å². The smallest absolute Gasteiger partial charge is 0.320 e. The Morgan fingerprint density at radius 1 is 1.38 bits per heavy atom. The largest absolute Gasteiger partial charge is 0.480 e. The van der Waals surface area contributed by atoms with Crippen molar-refractivity contribution in [3.8, 4) is 0 Å². The molecule has 0 aliphatic heterocycles. The van der Waals surface area contributed by atoms with Crippen molar-refractivity contribution in [1.82, 2.24) is 5.32 Å². The van der Waals surface area contributed by atoms with E-state index in [-0.39, 0.29) is 24.5 Å². The van der Waals surface area contributed by atoms with Crippen LogP contribution in [0.3, 0.4) is 0 Å². The Bertz CT molecular complexity index is 230. The second kappa shape index (κ2) is 6.21. The maximum atomic E-state index is 11.1. The summed E-state index contributed by atoms with van der Waals surface area (Å²) < 4.78 is 0. The van der Waals surface area contributed by atoms with Gasteiger partial charge in [0.05, 0.1) is 0 Å². The molecule has 3 N–H and O–H groups in total. The molecule has 0 aromatic rings. The summed E-state index contributed by atoms with van der Waals surface area (Å²) in [6, 6.07) is -0.348. The third-order valence-corrected chi connectivity index (χ3v) is 3.47. The van der Waals surface area contributed by atoms with Crippen LogP contribution in [-0.4, -0.2) is 34.9 Å². The van der Waals surface area contributed by atoms with Crippen LogP contribution in [0.1, 0.15) is 39.5 Å². The van der Waals surface area contributed by atoms with E-state index in [0.29, 0.717) is 0 Å². The van der Waals surface area contributed by atoms with E-state index in [4.69, 9.17) is 5.11 Å². The second-order valence-corrected chi connectivity index (χ2v) is 5.06. The summed E-state index contributed by atoms with van der Waals surface area (Å²) >= 11 is 0. The predicted octanol–water partition coefficient (Wildman–Crippen LogP) is 1.24. The van der Waals surface area contributed by atoms with Gasteiger partial charge < -0.3 is 15.5 Å². The van der Waals surface area contributed by atoms with Gasteiger partial charge in [0, 0.05) is 12.6 Å². The summed E-state index contributed by atoms with van der Waals surface area (Å²) in [5.41, 5.74) is 0. The van der Waals surface area contributed by atoms with Crippen molar-refractivity contribution in [3.05, 3.63) is 0 Å². The van der Waals surface area contributed by atoms with Crippen LogP contribution in [0.15, 0.2) is 0 Å². The molecule has 0 saturated heterocycles. The van der Waals surface area contributed by atoms with E-state index in [1.165, 1.54) is 0 Å². The lowest BCUT2D eigenvalue weighted by atomic mass is 9.84. The summed E-state index contributed by atoms with van der Waals surface area (Å²) in [4.78, 5) is 11.1. The molecular formula is C12H23NO3. The summed E-state index contributed by atoms with van der Waals surface area (Å²) in [7, 11) is 0. The lowest BCUT2D eigenvalue weighted by molar-refractivity contribution is -0.141. The SMILES string of the molecule is CC(C)C(NC1CCCCC1CO)C(=O)O. The van der Waals surface area contributed by atoms with Gasteiger partial charge >= 0.3 is 5.97 Å². The third kappa shape index (κ3) is 3.46. The Hall–Kier alpha value is -0.610. The van der Waals surface area contributed by atoms with Crippen LogP contribution in [-0.2, 0) is 4.79 Å². The van der Waals surface area contributed by atoms with E-state index in [1.54, 1.807) is 0 Å². The molecule has 1 fully saturated rings. The van der Waals surface area contributed by atoms with Crippen molar-refractivity contribution in [3.63, 3.8) is 0 Å². The molecule has 0 aromatic carbocycles. The van der Waals surface area contributed by atoms with Gasteiger partial charge in [-0.3, -0.25) is 4.79 Å². The van der Waals surface area contributed by atoms with E-state index >= 15 is 0 Å². The van der Waals surface area contributed by atoms with Crippen LogP contribution in [0.4, 0.5) is 0 Å². The number of carboxylic acids is 1. The van der Waals surface area contributed by atoms with E-state index in [9.17, 15) is 9.90 Å². The Labute approximate surface area is 97.0 Å². The number of rotatable bonds is 5. The zero-order chi connectivity index (χ0) is 12.1. The van der Waals surface area contributed by atoms with Crippen molar-refractivity contribution in [2.45, 2.75) is 51.6 Å². The zero-order valence-corrected chi connectivity index (χ0v) is 10.1. The lowest BCUT2D eigenvalue weighted by Gasteiger charge is -2.34. The highest BCUT2D eigenvalue weighted by Gasteiger charge is 2.30. The predicted molar refractivity (Wildman–Crippen MR) is 62.2 cm³/mol. The number of aliphatic hydroxyl groups is 1. The molecular weight excluding hydrogens is 206 g/mol. The van der Waals surface area contributed by atoms with Gasteiger partial charge in [-0.2, -0.15) is 0 Å². The summed E-state index contributed by atoms with van der Waals surface area (Å²) in [6.07, 6.45) is 4.24. The minimum absolute atomic E-state index is 0.0683. The first kappa shape index (κ1) is 13.5. The summed E-state index contributed by atoms with van der Waals surface area (Å²) in [6.45, 7) is 3.97. The molecule has 0 spiro atoms. The molecule has 0 aromatic heterocycles. The number of nitrogens with one attached hydrogen (secondary N) is 1. The molecule has 0 amide bonds. The molecule has 3 unspecified atom stereocenters. The lowest BCUT2D eigenvalue weighted by Crippen LogP contribution is -2.50. The van der Waals surface area contributed by atoms with Crippen LogP contribution >= 0.6 is 0 Å². The second-order valence-electron chi connectivity index (χ2n) is 5.06. The highest BCUT2D eigenvalue weighted by molar-refractivity contribution is 5.73. The van der Waals surface area contributed by atoms with Gasteiger partial charge in [-0.1, -0.05) is 26.7 Å². The van der Waals surface area contributed by atoms with Crippen molar-refractivity contribution >= 4 is 5.97 Å². The highest BCUT2D eigenvalue weighted by Crippen LogP contribution is 2.25. The molecule has 1 aliphatic carbocycles. The van der Waals surface area contributed by atoms with E-state index < -0.39 is 12.0 Å². The highest BCUT2D eigenvalue weighted by atomic mass is 16.4. The standard InChI is InChI=1S/C12H23NO3/c1-8(2)11(12(15)16)13-10-6-4-3-5-9(10)7-14/h8-11,13-14H,3-7H2,1-2H3,(H,15,16). The van der Waals surface area contributed by atoms with E-state index in [1.807, 2.05) is 13.8 Å². The van der Waals surface area contributed by atoms with Crippen LogP contribution < -0.4 is 5.32 Å². The average molecular weight is 229 g/mol. The van der Waals surface area contributed by atoms with Gasteiger partial charge in [0.1, 0.15) is 6.04 Å². The number of aliphatic hydroxyl groups excluding tert-OH is 1. The molecule has 4 heteroatoms. The van der Waals surface area contributed by atoms with Gasteiger partial charge in [-0.25, -0.2) is 0 Å². The Morgan fingerprint density at radius 2 is 2.00 bits per heavy atom. The fraction of sp³-hybridized carbons (Fsp3) is 0.917. The third-order valence-electron chi connectivity index (χ3n) is 3.47. The van der Waals surface area contributed by atoms with Gasteiger partial charge in [0.25, 0.3) is 0 Å². The topological polar surface area (TPSA) is 69.6 Å². The fourth-order valence-corrected chi connectivity index (χ4v) is 2.43. The van der Waals surface area contributed by atoms with Crippen LogP contribution in [0.5, 0.6) is 0 Å². The number of hydrogen-bond acceptors (Lipinski definition) is 3. The van der Waals surface area contributed by atoms with E-state index in [0.717, 1.165) is 25.7 Å². The monoisotopic (exact) mass is 229 g/mol. The number of aliphatic carboxylic acids is 1. The summed E-state index contributed by atoms with van der Waals surface area (Å²) in [5, 5.41) is 21.6. The van der Waals surface area contributed by atoms with Gasteiger partial charge in [0.15, 0.2) is 0 Å². The fourth-order valence-electron chi connectivity index (χ4n) is 2.43. The van der Waals surface area contributed by atoms with Crippen LogP contribution in [0.2, 0.25) is 0 Å². The van der Waals surface area contributed by atoms with Crippen LogP contribution in [0, 0.1) is 11.8 Å². The van der Waals surface area contributed by atoms with Crippen molar-refractivity contribution in [2.24, 2.45) is 11.8 Å². The minimum atomic E-state index is -0.794.